The summed E-state index contributed by atoms with van der Waals surface area (Å²) in [7, 11) is 4.97. The summed E-state index contributed by atoms with van der Waals surface area (Å²) in [6.45, 7) is 3.88. The van der Waals surface area contributed by atoms with Gasteiger partial charge in [0.2, 0.25) is 17.7 Å². The normalized spacial score (nSPS) is 13.0. The highest BCUT2D eigenvalue weighted by molar-refractivity contribution is 9.11. The van der Waals surface area contributed by atoms with Crippen molar-refractivity contribution in [2.45, 2.75) is 51.9 Å². The van der Waals surface area contributed by atoms with Crippen molar-refractivity contribution in [2.24, 2.45) is 0 Å². The Morgan fingerprint density at radius 2 is 1.02 bits per heavy atom. The van der Waals surface area contributed by atoms with E-state index in [0.29, 0.717) is 56.9 Å². The maximum Gasteiger partial charge on any atom is 0.244 e. The largest absolute Gasteiger partial charge is 0.497 e. The first-order valence-electron chi connectivity index (χ1n) is 26.9. The molecule has 4 aromatic heterocycles. The summed E-state index contributed by atoms with van der Waals surface area (Å²) in [4.78, 5) is 58.5. The third-order valence-electron chi connectivity index (χ3n) is 14.3. The van der Waals surface area contributed by atoms with Gasteiger partial charge in [0.05, 0.1) is 97.8 Å². The first-order valence-corrected chi connectivity index (χ1v) is 29.3. The number of ether oxygens (including phenoxy) is 3. The van der Waals surface area contributed by atoms with Crippen LogP contribution in [0, 0.1) is 0 Å². The number of carbonyl (C=O) groups is 3. The average Bonchev–Trinajstić information content (AvgIpc) is 4.43. The zero-order valence-electron chi connectivity index (χ0n) is 45.9. The first kappa shape index (κ1) is 57.9. The van der Waals surface area contributed by atoms with E-state index in [1.165, 1.54) is 0 Å². The van der Waals surface area contributed by atoms with Crippen LogP contribution in [0.4, 0.5) is 22.7 Å². The Balaban J connectivity index is 0.000000141. The molecule has 0 atom stereocenters. The van der Waals surface area contributed by atoms with Crippen LogP contribution in [0.5, 0.6) is 17.2 Å². The number of rotatable bonds is 16. The molecule has 2 fully saturated rings. The Morgan fingerprint density at radius 3 is 1.55 bits per heavy atom. The number of likely N-dealkylation sites (tertiary alicyclic amines) is 2. The summed E-state index contributed by atoms with van der Waals surface area (Å²) in [5, 5.41) is 12.7. The number of fused-ring (bicyclic) bond motifs is 5. The van der Waals surface area contributed by atoms with Crippen molar-refractivity contribution < 1.29 is 28.6 Å². The molecule has 10 aromatic rings. The molecule has 0 bridgehead atoms. The van der Waals surface area contributed by atoms with Gasteiger partial charge in [-0.2, -0.15) is 0 Å². The first-order chi connectivity index (χ1) is 40.3. The number of pyridine rings is 3. The zero-order chi connectivity index (χ0) is 58.0. The van der Waals surface area contributed by atoms with Crippen LogP contribution in [-0.4, -0.2) is 93.0 Å². The Labute approximate surface area is 505 Å². The molecule has 5 N–H and O–H groups in total. The summed E-state index contributed by atoms with van der Waals surface area (Å²) in [5.74, 6) is 3.35. The third-order valence-corrected chi connectivity index (χ3v) is 15.8. The molecular weight excluding hydrogens is 1250 g/mol. The fourth-order valence-corrected chi connectivity index (χ4v) is 11.1. The lowest BCUT2D eigenvalue weighted by molar-refractivity contribution is -0.131. The average molecular weight is 1310 g/mol. The molecule has 6 heterocycles. The molecule has 0 aliphatic carbocycles. The number of carbonyl (C=O) groups excluding carboxylic acids is 3. The highest BCUT2D eigenvalue weighted by Crippen LogP contribution is 2.34. The second-order valence-corrected chi connectivity index (χ2v) is 22.6. The minimum Gasteiger partial charge on any atom is -0.497 e. The summed E-state index contributed by atoms with van der Waals surface area (Å²) >= 11 is 10.5. The Kier molecular flexibility index (Phi) is 18.6. The number of nitrogens with zero attached hydrogens (tertiary/aromatic N) is 7. The number of anilines is 4. The van der Waals surface area contributed by atoms with Crippen molar-refractivity contribution in [1.82, 2.24) is 34.3 Å². The van der Waals surface area contributed by atoms with Gasteiger partial charge in [0, 0.05) is 75.1 Å². The standard InChI is InChI=1S/C23H23BrN4O3.C23H21BrN4O2.C17H16BrN3O/c1-31-17-7-4-15(5-8-17)12-26-23-18-9-6-16(24)11-19(18)25-13-20(23)27-21(29)14-28-10-2-3-22(28)30;1-30-17-7-4-15(5-8-17)13-28-21(14-27-10-2-3-22(27)29)26-20-12-25-19-11-16(24)6-9-18(19)23(20)28;1-22-13-5-2-11(3-6-13)9-21-17-14-7-4-12(18)8-16(14)20-10-15(17)19/h4-9,11,13H,2-3,10,12,14H2,1H3,(H,25,26)(H,27,29);4-9,11-12H,2-3,10,13-14H2,1H3;2-8,10H,9,19H2,1H3,(H,20,21). The van der Waals surface area contributed by atoms with E-state index in [4.69, 9.17) is 24.9 Å². The predicted octanol–water partition coefficient (Wildman–Crippen LogP) is 12.9. The molecular formula is C63H60Br3N11O6. The van der Waals surface area contributed by atoms with Crippen LogP contribution in [0.2, 0.25) is 0 Å². The van der Waals surface area contributed by atoms with Gasteiger partial charge in [-0.1, -0.05) is 84.2 Å². The van der Waals surface area contributed by atoms with Crippen LogP contribution in [-0.2, 0) is 40.6 Å². The SMILES string of the molecule is COc1ccc(CNc2c(N)cnc3cc(Br)ccc23)cc1.COc1ccc(CNc2c(NC(=O)CN3CCCC3=O)cnc3cc(Br)ccc23)cc1.COc1ccc(Cn2c(CN3CCCC3=O)nc3cnc4cc(Br)ccc4c32)cc1. The number of nitrogens with two attached hydrogens (primary N) is 1. The van der Waals surface area contributed by atoms with Gasteiger partial charge in [-0.25, -0.2) is 4.98 Å². The molecule has 0 unspecified atom stereocenters. The van der Waals surface area contributed by atoms with Gasteiger partial charge in [0.25, 0.3) is 0 Å². The van der Waals surface area contributed by atoms with Gasteiger partial charge in [0.1, 0.15) is 28.6 Å². The van der Waals surface area contributed by atoms with E-state index in [2.05, 4.69) is 101 Å². The van der Waals surface area contributed by atoms with Gasteiger partial charge in [-0.15, -0.1) is 0 Å². The maximum absolute atomic E-state index is 12.6. The van der Waals surface area contributed by atoms with E-state index >= 15 is 0 Å². The molecule has 3 amide bonds. The lowest BCUT2D eigenvalue weighted by Crippen LogP contribution is -2.34. The van der Waals surface area contributed by atoms with E-state index in [9.17, 15) is 14.4 Å². The fourth-order valence-electron chi connectivity index (χ4n) is 10.0. The second kappa shape index (κ2) is 26.7. The van der Waals surface area contributed by atoms with Crippen LogP contribution < -0.4 is 35.9 Å². The maximum atomic E-state index is 12.6. The summed E-state index contributed by atoms with van der Waals surface area (Å²) in [5.41, 5.74) is 16.9. The lowest BCUT2D eigenvalue weighted by atomic mass is 10.1. The van der Waals surface area contributed by atoms with Gasteiger partial charge in [0.15, 0.2) is 0 Å². The monoisotopic (exact) mass is 1300 g/mol. The van der Waals surface area contributed by atoms with E-state index < -0.39 is 0 Å². The smallest absolute Gasteiger partial charge is 0.244 e. The fraction of sp³-hybridized carbons (Fsp3) is 0.222. The molecule has 2 aliphatic heterocycles. The number of benzene rings is 6. The quantitative estimate of drug-likeness (QED) is 0.0712. The van der Waals surface area contributed by atoms with E-state index in [-0.39, 0.29) is 24.3 Å². The van der Waals surface area contributed by atoms with Gasteiger partial charge < -0.3 is 50.3 Å². The van der Waals surface area contributed by atoms with Crippen molar-refractivity contribution in [3.63, 3.8) is 0 Å². The number of hydrogen-bond acceptors (Lipinski definition) is 13. The summed E-state index contributed by atoms with van der Waals surface area (Å²) in [6.07, 6.45) is 8.00. The molecule has 83 heavy (non-hydrogen) atoms. The van der Waals surface area contributed by atoms with Crippen LogP contribution in [0.1, 0.15) is 48.2 Å². The molecule has 2 aliphatic rings. The van der Waals surface area contributed by atoms with Crippen molar-refractivity contribution >= 4 is 132 Å². The number of halogens is 3. The van der Waals surface area contributed by atoms with Crippen LogP contribution in [0.3, 0.4) is 0 Å². The van der Waals surface area contributed by atoms with E-state index in [0.717, 1.165) is 128 Å². The van der Waals surface area contributed by atoms with Crippen molar-refractivity contribution in [2.75, 3.05) is 62.6 Å². The van der Waals surface area contributed by atoms with E-state index in [1.54, 1.807) is 38.6 Å². The van der Waals surface area contributed by atoms with Crippen molar-refractivity contribution in [3.05, 3.63) is 182 Å². The molecule has 0 spiro atoms. The van der Waals surface area contributed by atoms with Crippen molar-refractivity contribution in [1.29, 1.82) is 0 Å². The third kappa shape index (κ3) is 14.1. The second-order valence-electron chi connectivity index (χ2n) is 19.9. The number of aromatic nitrogens is 5. The summed E-state index contributed by atoms with van der Waals surface area (Å²) in [6, 6.07) is 41.8. The molecule has 0 radical (unpaired) electrons. The number of imidazole rings is 1. The number of hydrogen-bond donors (Lipinski definition) is 4. The van der Waals surface area contributed by atoms with Crippen LogP contribution >= 0.6 is 47.8 Å². The Bertz CT molecular complexity index is 3980. The predicted molar refractivity (Wildman–Crippen MR) is 338 cm³/mol. The number of nitrogens with one attached hydrogen (secondary N) is 3. The van der Waals surface area contributed by atoms with Gasteiger partial charge >= 0.3 is 0 Å². The van der Waals surface area contributed by atoms with E-state index in [1.807, 2.05) is 120 Å². The minimum atomic E-state index is -0.235. The zero-order valence-corrected chi connectivity index (χ0v) is 50.7. The van der Waals surface area contributed by atoms with Gasteiger partial charge in [-0.05, 0) is 121 Å². The van der Waals surface area contributed by atoms with Crippen LogP contribution in [0.15, 0.2) is 159 Å². The molecule has 2 saturated heterocycles. The number of amides is 3. The minimum absolute atomic E-state index is 0.0227. The number of nitrogen functional groups attached to an aromatic ring is 1. The van der Waals surface area contributed by atoms with Crippen molar-refractivity contribution in [3.8, 4) is 17.2 Å². The Morgan fingerprint density at radius 1 is 0.554 bits per heavy atom. The molecule has 17 nitrogen and oxygen atoms in total. The van der Waals surface area contributed by atoms with Crippen LogP contribution in [0.25, 0.3) is 43.7 Å². The molecule has 0 saturated carbocycles. The summed E-state index contributed by atoms with van der Waals surface area (Å²) < 4.78 is 20.8. The molecule has 12 rings (SSSR count). The highest BCUT2D eigenvalue weighted by atomic mass is 79.9. The lowest BCUT2D eigenvalue weighted by Gasteiger charge is -2.18. The topological polar surface area (TPSA) is 204 Å². The van der Waals surface area contributed by atoms with Gasteiger partial charge in [-0.3, -0.25) is 29.3 Å². The number of methoxy groups -OCH3 is 3. The molecule has 424 valence electrons. The highest BCUT2D eigenvalue weighted by Gasteiger charge is 2.25. The molecule has 20 heteroatoms. The molecule has 6 aromatic carbocycles. The Hall–Kier alpha value is -8.33.